The van der Waals surface area contributed by atoms with Crippen LogP contribution >= 0.6 is 11.6 Å². The van der Waals surface area contributed by atoms with Gasteiger partial charge in [0.2, 0.25) is 0 Å². The standard InChI is InChI=1S/C18H14ClN3O/c19-12-6-7-13-15(10-12)20-9-8-14-16(13)21-17(22-18(14)23)11-4-2-1-3-5-11/h1-7,10,20H,8-9H2,(H,21,22,23). The number of halogens is 1. The molecule has 114 valence electrons. The summed E-state index contributed by atoms with van der Waals surface area (Å²) in [7, 11) is 0. The lowest BCUT2D eigenvalue weighted by molar-refractivity contribution is 0.976. The highest BCUT2D eigenvalue weighted by Crippen LogP contribution is 2.33. The maximum absolute atomic E-state index is 12.5. The Morgan fingerprint density at radius 1 is 1.09 bits per heavy atom. The summed E-state index contributed by atoms with van der Waals surface area (Å²) in [6.07, 6.45) is 0.624. The summed E-state index contributed by atoms with van der Waals surface area (Å²) in [5.41, 5.74) is 4.06. The summed E-state index contributed by atoms with van der Waals surface area (Å²) in [6, 6.07) is 15.3. The Kier molecular flexibility index (Phi) is 3.39. The van der Waals surface area contributed by atoms with Crippen LogP contribution in [0, 0.1) is 0 Å². The van der Waals surface area contributed by atoms with Crippen molar-refractivity contribution >= 4 is 17.3 Å². The molecule has 0 saturated heterocycles. The van der Waals surface area contributed by atoms with Crippen LogP contribution in [0.5, 0.6) is 0 Å². The molecule has 1 aliphatic rings. The van der Waals surface area contributed by atoms with E-state index in [0.29, 0.717) is 29.4 Å². The van der Waals surface area contributed by atoms with E-state index in [1.807, 2.05) is 48.5 Å². The highest BCUT2D eigenvalue weighted by Gasteiger charge is 2.19. The van der Waals surface area contributed by atoms with E-state index in [0.717, 1.165) is 22.5 Å². The molecule has 2 aromatic carbocycles. The third-order valence-corrected chi connectivity index (χ3v) is 4.22. The van der Waals surface area contributed by atoms with Gasteiger partial charge in [0.25, 0.3) is 5.56 Å². The highest BCUT2D eigenvalue weighted by atomic mass is 35.5. The number of nitrogens with one attached hydrogen (secondary N) is 2. The molecule has 4 nitrogen and oxygen atoms in total. The minimum atomic E-state index is -0.0848. The van der Waals surface area contributed by atoms with E-state index < -0.39 is 0 Å². The monoisotopic (exact) mass is 323 g/mol. The Balaban J connectivity index is 1.98. The number of nitrogens with zero attached hydrogens (tertiary/aromatic N) is 1. The maximum Gasteiger partial charge on any atom is 0.255 e. The molecule has 2 N–H and O–H groups in total. The number of hydrogen-bond donors (Lipinski definition) is 2. The van der Waals surface area contributed by atoms with Gasteiger partial charge in [0, 0.05) is 33.9 Å². The van der Waals surface area contributed by atoms with Crippen molar-refractivity contribution in [1.29, 1.82) is 0 Å². The number of aromatic nitrogens is 2. The first-order valence-electron chi connectivity index (χ1n) is 7.45. The Labute approximate surface area is 138 Å². The van der Waals surface area contributed by atoms with Crippen molar-refractivity contribution in [2.45, 2.75) is 6.42 Å². The van der Waals surface area contributed by atoms with Crippen molar-refractivity contribution in [2.24, 2.45) is 0 Å². The fourth-order valence-corrected chi connectivity index (χ4v) is 3.05. The fourth-order valence-electron chi connectivity index (χ4n) is 2.88. The van der Waals surface area contributed by atoms with E-state index in [-0.39, 0.29) is 5.56 Å². The van der Waals surface area contributed by atoms with Gasteiger partial charge >= 0.3 is 0 Å². The fraction of sp³-hybridized carbons (Fsp3) is 0.111. The number of fused-ring (bicyclic) bond motifs is 3. The average molecular weight is 324 g/mol. The van der Waals surface area contributed by atoms with Gasteiger partial charge in [0.15, 0.2) is 0 Å². The molecule has 1 aliphatic heterocycles. The molecule has 4 rings (SSSR count). The molecule has 0 aliphatic carbocycles. The normalized spacial score (nSPS) is 12.7. The van der Waals surface area contributed by atoms with Gasteiger partial charge in [-0.25, -0.2) is 4.98 Å². The van der Waals surface area contributed by atoms with Crippen molar-refractivity contribution in [3.8, 4) is 22.6 Å². The summed E-state index contributed by atoms with van der Waals surface area (Å²) in [5.74, 6) is 0.581. The Hall–Kier alpha value is -2.59. The van der Waals surface area contributed by atoms with Crippen molar-refractivity contribution in [2.75, 3.05) is 11.9 Å². The molecule has 0 spiro atoms. The molecule has 0 atom stereocenters. The van der Waals surface area contributed by atoms with E-state index in [2.05, 4.69) is 10.3 Å². The molecule has 0 unspecified atom stereocenters. The molecule has 0 fully saturated rings. The second-order valence-corrected chi connectivity index (χ2v) is 5.91. The second kappa shape index (κ2) is 5.56. The van der Waals surface area contributed by atoms with Crippen molar-refractivity contribution in [1.82, 2.24) is 9.97 Å². The molecule has 0 amide bonds. The lowest BCUT2D eigenvalue weighted by Gasteiger charge is -2.10. The van der Waals surface area contributed by atoms with Crippen LogP contribution in [0.4, 0.5) is 5.69 Å². The van der Waals surface area contributed by atoms with Crippen LogP contribution < -0.4 is 10.9 Å². The van der Waals surface area contributed by atoms with Crippen LogP contribution in [0.15, 0.2) is 53.3 Å². The summed E-state index contributed by atoms with van der Waals surface area (Å²) in [5, 5.41) is 3.98. The average Bonchev–Trinajstić information content (AvgIpc) is 2.75. The first kappa shape index (κ1) is 14.0. The van der Waals surface area contributed by atoms with Crippen LogP contribution in [0.25, 0.3) is 22.6 Å². The summed E-state index contributed by atoms with van der Waals surface area (Å²) in [4.78, 5) is 20.2. The number of aromatic amines is 1. The summed E-state index contributed by atoms with van der Waals surface area (Å²) < 4.78 is 0. The van der Waals surface area contributed by atoms with Crippen LogP contribution in [0.1, 0.15) is 5.56 Å². The van der Waals surface area contributed by atoms with Crippen LogP contribution in [0.3, 0.4) is 0 Å². The highest BCUT2D eigenvalue weighted by molar-refractivity contribution is 6.31. The van der Waals surface area contributed by atoms with E-state index in [1.165, 1.54) is 0 Å². The van der Waals surface area contributed by atoms with Gasteiger partial charge in [-0.1, -0.05) is 41.9 Å². The minimum absolute atomic E-state index is 0.0848. The summed E-state index contributed by atoms with van der Waals surface area (Å²) in [6.45, 7) is 0.676. The van der Waals surface area contributed by atoms with Crippen LogP contribution in [-0.4, -0.2) is 16.5 Å². The molecule has 0 radical (unpaired) electrons. The number of anilines is 1. The minimum Gasteiger partial charge on any atom is -0.384 e. The van der Waals surface area contributed by atoms with E-state index in [9.17, 15) is 4.79 Å². The number of H-pyrrole nitrogens is 1. The van der Waals surface area contributed by atoms with Crippen molar-refractivity contribution in [3.63, 3.8) is 0 Å². The Bertz CT molecular complexity index is 935. The largest absolute Gasteiger partial charge is 0.384 e. The predicted molar refractivity (Wildman–Crippen MR) is 92.9 cm³/mol. The van der Waals surface area contributed by atoms with Gasteiger partial charge in [-0.05, 0) is 24.6 Å². The third-order valence-electron chi connectivity index (χ3n) is 3.99. The molecule has 3 aromatic rings. The molecule has 0 bridgehead atoms. The lowest BCUT2D eigenvalue weighted by Crippen LogP contribution is -2.18. The molecular weight excluding hydrogens is 310 g/mol. The quantitative estimate of drug-likeness (QED) is 0.717. The van der Waals surface area contributed by atoms with Gasteiger partial charge in [-0.2, -0.15) is 0 Å². The third kappa shape index (κ3) is 2.51. The zero-order chi connectivity index (χ0) is 15.8. The van der Waals surface area contributed by atoms with Crippen LogP contribution in [0.2, 0.25) is 5.02 Å². The summed E-state index contributed by atoms with van der Waals surface area (Å²) >= 11 is 6.09. The topological polar surface area (TPSA) is 57.8 Å². The van der Waals surface area contributed by atoms with Crippen molar-refractivity contribution in [3.05, 3.63) is 69.5 Å². The molecule has 23 heavy (non-hydrogen) atoms. The molecule has 5 heteroatoms. The number of rotatable bonds is 1. The Morgan fingerprint density at radius 3 is 2.74 bits per heavy atom. The molecule has 2 heterocycles. The van der Waals surface area contributed by atoms with Crippen LogP contribution in [-0.2, 0) is 6.42 Å². The van der Waals surface area contributed by atoms with Gasteiger partial charge in [-0.3, -0.25) is 4.79 Å². The van der Waals surface area contributed by atoms with Gasteiger partial charge < -0.3 is 10.3 Å². The van der Waals surface area contributed by atoms with Gasteiger partial charge in [0.1, 0.15) is 5.82 Å². The zero-order valence-corrected chi connectivity index (χ0v) is 13.0. The number of hydrogen-bond acceptors (Lipinski definition) is 3. The molecule has 1 aromatic heterocycles. The van der Waals surface area contributed by atoms with Gasteiger partial charge in [-0.15, -0.1) is 0 Å². The van der Waals surface area contributed by atoms with E-state index >= 15 is 0 Å². The second-order valence-electron chi connectivity index (χ2n) is 5.47. The molecular formula is C18H14ClN3O. The first-order valence-corrected chi connectivity index (χ1v) is 7.82. The lowest BCUT2D eigenvalue weighted by atomic mass is 10.0. The SMILES string of the molecule is O=c1[nH]c(-c2ccccc2)nc2c1CCNc1cc(Cl)ccc1-2. The first-order chi connectivity index (χ1) is 11.2. The Morgan fingerprint density at radius 2 is 1.91 bits per heavy atom. The zero-order valence-electron chi connectivity index (χ0n) is 12.3. The van der Waals surface area contributed by atoms with E-state index in [1.54, 1.807) is 0 Å². The maximum atomic E-state index is 12.5. The van der Waals surface area contributed by atoms with E-state index in [4.69, 9.17) is 16.6 Å². The number of benzene rings is 2. The molecule has 0 saturated carbocycles. The predicted octanol–water partition coefficient (Wildman–Crippen LogP) is 3.73. The smallest absolute Gasteiger partial charge is 0.255 e. The van der Waals surface area contributed by atoms with Crippen molar-refractivity contribution < 1.29 is 0 Å². The van der Waals surface area contributed by atoms with Gasteiger partial charge in [0.05, 0.1) is 5.69 Å².